The monoisotopic (exact) mass is 289 g/mol. The fourth-order valence-corrected chi connectivity index (χ4v) is 3.51. The first-order chi connectivity index (χ1) is 8.09. The van der Waals surface area contributed by atoms with Gasteiger partial charge in [-0.25, -0.2) is 12.7 Å². The number of alkyl halides is 3. The van der Waals surface area contributed by atoms with Gasteiger partial charge in [0.1, 0.15) is 0 Å². The Morgan fingerprint density at radius 2 is 1.94 bits per heavy atom. The third-order valence-electron chi connectivity index (χ3n) is 2.88. The molecule has 0 amide bonds. The molecule has 0 aromatic heterocycles. The average Bonchev–Trinajstić information content (AvgIpc) is 2.61. The highest BCUT2D eigenvalue weighted by atomic mass is 32.2. The van der Waals surface area contributed by atoms with Gasteiger partial charge in [-0.15, -0.1) is 0 Å². The van der Waals surface area contributed by atoms with Gasteiger partial charge in [-0.3, -0.25) is 4.79 Å². The summed E-state index contributed by atoms with van der Waals surface area (Å²) in [5.74, 6) is -5.76. The van der Waals surface area contributed by atoms with Crippen LogP contribution in [0.4, 0.5) is 13.2 Å². The summed E-state index contributed by atoms with van der Waals surface area (Å²) in [6, 6.07) is 0. The minimum Gasteiger partial charge on any atom is -0.481 e. The van der Waals surface area contributed by atoms with E-state index in [1.165, 1.54) is 0 Å². The molecule has 2 atom stereocenters. The molecule has 1 fully saturated rings. The van der Waals surface area contributed by atoms with Crippen LogP contribution in [0, 0.1) is 11.8 Å². The normalized spacial score (nSPS) is 26.4. The van der Waals surface area contributed by atoms with Gasteiger partial charge in [-0.05, 0) is 6.42 Å². The van der Waals surface area contributed by atoms with Gasteiger partial charge in [0.25, 0.3) is 0 Å². The molecule has 18 heavy (non-hydrogen) atoms. The number of nitrogens with zero attached hydrogens (tertiary/aromatic N) is 1. The molecule has 9 heteroatoms. The molecule has 0 spiro atoms. The number of carboxylic acid groups (broad SMARTS) is 1. The second-order valence-electron chi connectivity index (χ2n) is 4.23. The SMILES string of the molecule is CCCS(=O)(=O)N1C[C@@H](C(F)(F)F)[C@H](C(=O)O)C1. The van der Waals surface area contributed by atoms with Gasteiger partial charge in [-0.1, -0.05) is 6.92 Å². The zero-order valence-electron chi connectivity index (χ0n) is 9.64. The van der Waals surface area contributed by atoms with Crippen molar-refractivity contribution in [1.82, 2.24) is 4.31 Å². The number of aliphatic carboxylic acids is 1. The largest absolute Gasteiger partial charge is 0.481 e. The molecule has 1 N–H and O–H groups in total. The van der Waals surface area contributed by atoms with Crippen LogP contribution in [0.15, 0.2) is 0 Å². The Morgan fingerprint density at radius 1 is 1.39 bits per heavy atom. The number of carbonyl (C=O) groups is 1. The van der Waals surface area contributed by atoms with Crippen LogP contribution in [0.1, 0.15) is 13.3 Å². The van der Waals surface area contributed by atoms with E-state index < -0.39 is 47.1 Å². The Balaban J connectivity index is 2.96. The maximum Gasteiger partial charge on any atom is 0.393 e. The van der Waals surface area contributed by atoms with Gasteiger partial charge in [0.15, 0.2) is 0 Å². The minimum atomic E-state index is -4.71. The summed E-state index contributed by atoms with van der Waals surface area (Å²) in [7, 11) is -3.80. The van der Waals surface area contributed by atoms with Crippen molar-refractivity contribution in [3.05, 3.63) is 0 Å². The van der Waals surface area contributed by atoms with Crippen molar-refractivity contribution in [3.63, 3.8) is 0 Å². The fourth-order valence-electron chi connectivity index (χ4n) is 1.96. The highest BCUT2D eigenvalue weighted by Crippen LogP contribution is 2.38. The zero-order valence-corrected chi connectivity index (χ0v) is 10.5. The first-order valence-corrected chi connectivity index (χ1v) is 6.98. The predicted molar refractivity (Wildman–Crippen MR) is 56.3 cm³/mol. The summed E-state index contributed by atoms with van der Waals surface area (Å²) < 4.78 is 61.8. The number of carboxylic acids is 1. The average molecular weight is 289 g/mol. The number of hydrogen-bond acceptors (Lipinski definition) is 3. The van der Waals surface area contributed by atoms with Crippen molar-refractivity contribution >= 4 is 16.0 Å². The van der Waals surface area contributed by atoms with Crippen molar-refractivity contribution in [2.45, 2.75) is 19.5 Å². The van der Waals surface area contributed by atoms with E-state index in [9.17, 15) is 26.4 Å². The highest BCUT2D eigenvalue weighted by molar-refractivity contribution is 7.89. The molecule has 0 radical (unpaired) electrons. The van der Waals surface area contributed by atoms with Gasteiger partial charge in [-0.2, -0.15) is 13.2 Å². The summed E-state index contributed by atoms with van der Waals surface area (Å²) in [4.78, 5) is 10.8. The van der Waals surface area contributed by atoms with E-state index in [-0.39, 0.29) is 12.2 Å². The molecular weight excluding hydrogens is 275 g/mol. The van der Waals surface area contributed by atoms with Crippen molar-refractivity contribution in [1.29, 1.82) is 0 Å². The number of halogens is 3. The maximum absolute atomic E-state index is 12.6. The first-order valence-electron chi connectivity index (χ1n) is 5.37. The molecule has 1 aliphatic heterocycles. The van der Waals surface area contributed by atoms with Crippen LogP contribution in [-0.4, -0.2) is 48.8 Å². The molecule has 1 rings (SSSR count). The number of hydrogen-bond donors (Lipinski definition) is 1. The van der Waals surface area contributed by atoms with Crippen LogP contribution >= 0.6 is 0 Å². The third kappa shape index (κ3) is 3.14. The standard InChI is InChI=1S/C9H14F3NO4S/c1-2-3-18(16,17)13-4-6(8(14)15)7(5-13)9(10,11)12/h6-7H,2-5H2,1H3,(H,14,15)/t6-,7-/m1/s1. The van der Waals surface area contributed by atoms with Crippen LogP contribution in [-0.2, 0) is 14.8 Å². The highest BCUT2D eigenvalue weighted by Gasteiger charge is 2.54. The number of sulfonamides is 1. The van der Waals surface area contributed by atoms with Crippen LogP contribution in [0.5, 0.6) is 0 Å². The van der Waals surface area contributed by atoms with Gasteiger partial charge in [0.05, 0.1) is 17.6 Å². The molecule has 0 bridgehead atoms. The van der Waals surface area contributed by atoms with E-state index in [1.807, 2.05) is 0 Å². The van der Waals surface area contributed by atoms with Crippen molar-refractivity contribution in [2.75, 3.05) is 18.8 Å². The molecule has 1 saturated heterocycles. The Kier molecular flexibility index (Phi) is 4.26. The molecule has 1 heterocycles. The van der Waals surface area contributed by atoms with Gasteiger partial charge in [0.2, 0.25) is 10.0 Å². The molecule has 0 saturated carbocycles. The minimum absolute atomic E-state index is 0.271. The molecule has 0 aromatic rings. The smallest absolute Gasteiger partial charge is 0.393 e. The van der Waals surface area contributed by atoms with Gasteiger partial charge < -0.3 is 5.11 Å². The molecule has 0 aromatic carbocycles. The summed E-state index contributed by atoms with van der Waals surface area (Å²) in [6.07, 6.45) is -4.44. The second-order valence-corrected chi connectivity index (χ2v) is 6.31. The quantitative estimate of drug-likeness (QED) is 0.835. The molecule has 106 valence electrons. The fraction of sp³-hybridized carbons (Fsp3) is 0.889. The van der Waals surface area contributed by atoms with Crippen molar-refractivity contribution in [2.24, 2.45) is 11.8 Å². The molecule has 5 nitrogen and oxygen atoms in total. The lowest BCUT2D eigenvalue weighted by atomic mass is 9.96. The van der Waals surface area contributed by atoms with E-state index >= 15 is 0 Å². The lowest BCUT2D eigenvalue weighted by Gasteiger charge is -2.18. The predicted octanol–water partition coefficient (Wildman–Crippen LogP) is 0.921. The van der Waals surface area contributed by atoms with E-state index in [1.54, 1.807) is 6.92 Å². The van der Waals surface area contributed by atoms with E-state index in [0.29, 0.717) is 4.31 Å². The summed E-state index contributed by atoms with van der Waals surface area (Å²) >= 11 is 0. The number of rotatable bonds is 4. The third-order valence-corrected chi connectivity index (χ3v) is 4.89. The lowest BCUT2D eigenvalue weighted by molar-refractivity contribution is -0.187. The van der Waals surface area contributed by atoms with Crippen LogP contribution in [0.25, 0.3) is 0 Å². The molecular formula is C9H14F3NO4S. The summed E-state index contributed by atoms with van der Waals surface area (Å²) in [5.41, 5.74) is 0. The van der Waals surface area contributed by atoms with Crippen LogP contribution in [0.3, 0.4) is 0 Å². The Labute approximate surface area is 103 Å². The Hall–Kier alpha value is -0.830. The zero-order chi connectivity index (χ0) is 14.1. The Morgan fingerprint density at radius 3 is 2.28 bits per heavy atom. The van der Waals surface area contributed by atoms with Gasteiger partial charge >= 0.3 is 12.1 Å². The molecule has 1 aliphatic rings. The van der Waals surface area contributed by atoms with E-state index in [4.69, 9.17) is 5.11 Å². The van der Waals surface area contributed by atoms with Crippen molar-refractivity contribution in [3.8, 4) is 0 Å². The van der Waals surface area contributed by atoms with Crippen LogP contribution in [0.2, 0.25) is 0 Å². The molecule has 0 unspecified atom stereocenters. The lowest BCUT2D eigenvalue weighted by Crippen LogP contribution is -2.34. The topological polar surface area (TPSA) is 74.7 Å². The second kappa shape index (κ2) is 5.04. The summed E-state index contributed by atoms with van der Waals surface area (Å²) in [6.45, 7) is 0.175. The van der Waals surface area contributed by atoms with E-state index in [0.717, 1.165) is 0 Å². The summed E-state index contributed by atoms with van der Waals surface area (Å²) in [5, 5.41) is 8.74. The maximum atomic E-state index is 12.6. The van der Waals surface area contributed by atoms with Gasteiger partial charge in [0, 0.05) is 13.1 Å². The Bertz CT molecular complexity index is 420. The molecule has 0 aliphatic carbocycles. The first kappa shape index (κ1) is 15.2. The van der Waals surface area contributed by atoms with E-state index in [2.05, 4.69) is 0 Å². The van der Waals surface area contributed by atoms with Crippen LogP contribution < -0.4 is 0 Å². The van der Waals surface area contributed by atoms with Crippen molar-refractivity contribution < 1.29 is 31.5 Å².